The minimum absolute atomic E-state index is 0.0851. The number of aromatic nitrogens is 2. The van der Waals surface area contributed by atoms with Crippen LogP contribution in [0.1, 0.15) is 12.0 Å². The van der Waals surface area contributed by atoms with Crippen molar-refractivity contribution in [3.05, 3.63) is 36.2 Å². The van der Waals surface area contributed by atoms with Gasteiger partial charge in [0.2, 0.25) is 11.9 Å². The molecule has 2 heterocycles. The van der Waals surface area contributed by atoms with Crippen molar-refractivity contribution in [3.8, 4) is 11.1 Å². The summed E-state index contributed by atoms with van der Waals surface area (Å²) < 4.78 is 0. The highest BCUT2D eigenvalue weighted by Gasteiger charge is 2.15. The molecule has 0 radical (unpaired) electrons. The lowest BCUT2D eigenvalue weighted by Crippen LogP contribution is -2.18. The maximum absolute atomic E-state index is 11.3. The van der Waals surface area contributed by atoms with Crippen molar-refractivity contribution in [2.45, 2.75) is 12.8 Å². The minimum Gasteiger partial charge on any atom is -0.357 e. The van der Waals surface area contributed by atoms with Gasteiger partial charge >= 0.3 is 0 Å². The summed E-state index contributed by atoms with van der Waals surface area (Å²) in [6.45, 7) is 0. The molecule has 1 aromatic heterocycles. The van der Waals surface area contributed by atoms with Crippen LogP contribution in [0.3, 0.4) is 0 Å². The summed E-state index contributed by atoms with van der Waals surface area (Å²) in [5.74, 6) is 0.691. The van der Waals surface area contributed by atoms with Gasteiger partial charge in [-0.2, -0.15) is 0 Å². The monoisotopic (exact) mass is 254 g/mol. The topological polar surface area (TPSA) is 66.9 Å². The molecule has 2 aromatic rings. The molecule has 0 saturated carbocycles. The molecular formula is C14H14N4O. The van der Waals surface area contributed by atoms with Crippen LogP contribution in [0.2, 0.25) is 0 Å². The number of anilines is 2. The Morgan fingerprint density at radius 1 is 1.16 bits per heavy atom. The first kappa shape index (κ1) is 11.6. The lowest BCUT2D eigenvalue weighted by atomic mass is 9.98. The van der Waals surface area contributed by atoms with E-state index in [2.05, 4.69) is 26.7 Å². The summed E-state index contributed by atoms with van der Waals surface area (Å²) in [5.41, 5.74) is 4.11. The quantitative estimate of drug-likeness (QED) is 0.861. The number of nitrogens with one attached hydrogen (secondary N) is 2. The smallest absolute Gasteiger partial charge is 0.224 e. The fourth-order valence-electron chi connectivity index (χ4n) is 2.17. The van der Waals surface area contributed by atoms with Gasteiger partial charge in [-0.25, -0.2) is 9.97 Å². The number of hydrogen-bond donors (Lipinski definition) is 2. The van der Waals surface area contributed by atoms with Gasteiger partial charge in [0.1, 0.15) is 0 Å². The van der Waals surface area contributed by atoms with Crippen LogP contribution < -0.4 is 10.6 Å². The average molecular weight is 254 g/mol. The molecular weight excluding hydrogens is 240 g/mol. The van der Waals surface area contributed by atoms with E-state index in [0.29, 0.717) is 12.4 Å². The molecule has 3 rings (SSSR count). The van der Waals surface area contributed by atoms with E-state index in [9.17, 15) is 4.79 Å². The summed E-state index contributed by atoms with van der Waals surface area (Å²) in [6, 6.07) is 6.00. The molecule has 96 valence electrons. The van der Waals surface area contributed by atoms with Gasteiger partial charge in [0.05, 0.1) is 0 Å². The molecule has 1 aromatic carbocycles. The molecule has 0 saturated heterocycles. The predicted octanol–water partition coefficient (Wildman–Crippen LogP) is 2.07. The number of hydrogen-bond acceptors (Lipinski definition) is 4. The number of fused-ring (bicyclic) bond motifs is 1. The van der Waals surface area contributed by atoms with E-state index < -0.39 is 0 Å². The third kappa shape index (κ3) is 2.27. The van der Waals surface area contributed by atoms with Crippen molar-refractivity contribution in [2.75, 3.05) is 17.7 Å². The van der Waals surface area contributed by atoms with Gasteiger partial charge in [0.15, 0.2) is 0 Å². The summed E-state index contributed by atoms with van der Waals surface area (Å²) >= 11 is 0. The Morgan fingerprint density at radius 2 is 1.95 bits per heavy atom. The first-order chi connectivity index (χ1) is 9.26. The zero-order chi connectivity index (χ0) is 13.2. The SMILES string of the molecule is CNc1ncc(-c2ccc3c(c2)CCC(=O)N3)cn1. The number of aryl methyl sites for hydroxylation is 1. The van der Waals surface area contributed by atoms with Gasteiger partial charge in [0, 0.05) is 37.1 Å². The van der Waals surface area contributed by atoms with Crippen molar-refractivity contribution in [2.24, 2.45) is 0 Å². The number of benzene rings is 1. The Hall–Kier alpha value is -2.43. The lowest BCUT2D eigenvalue weighted by Gasteiger charge is -2.17. The Balaban J connectivity index is 1.95. The molecule has 0 unspecified atom stereocenters. The Labute approximate surface area is 111 Å². The van der Waals surface area contributed by atoms with Crippen molar-refractivity contribution < 1.29 is 4.79 Å². The Kier molecular flexibility index (Phi) is 2.87. The normalized spacial score (nSPS) is 13.6. The van der Waals surface area contributed by atoms with Crippen LogP contribution >= 0.6 is 0 Å². The van der Waals surface area contributed by atoms with Crippen molar-refractivity contribution in [3.63, 3.8) is 0 Å². The van der Waals surface area contributed by atoms with Crippen LogP contribution in [-0.2, 0) is 11.2 Å². The highest BCUT2D eigenvalue weighted by molar-refractivity contribution is 5.94. The molecule has 0 spiro atoms. The summed E-state index contributed by atoms with van der Waals surface area (Å²) in [7, 11) is 1.79. The van der Waals surface area contributed by atoms with E-state index in [1.165, 1.54) is 0 Å². The molecule has 5 nitrogen and oxygen atoms in total. The highest BCUT2D eigenvalue weighted by atomic mass is 16.1. The van der Waals surface area contributed by atoms with Crippen LogP contribution in [0, 0.1) is 0 Å². The number of nitrogens with zero attached hydrogens (tertiary/aromatic N) is 2. The van der Waals surface area contributed by atoms with E-state index >= 15 is 0 Å². The zero-order valence-corrected chi connectivity index (χ0v) is 10.6. The Bertz CT molecular complexity index is 622. The Morgan fingerprint density at radius 3 is 2.68 bits per heavy atom. The fraction of sp³-hybridized carbons (Fsp3) is 0.214. The maximum Gasteiger partial charge on any atom is 0.224 e. The molecule has 1 amide bonds. The van der Waals surface area contributed by atoms with Gasteiger partial charge < -0.3 is 10.6 Å². The van der Waals surface area contributed by atoms with Gasteiger partial charge in [-0.05, 0) is 29.7 Å². The standard InChI is InChI=1S/C14H14N4O/c1-15-14-16-7-11(8-17-14)9-2-4-12-10(6-9)3-5-13(19)18-12/h2,4,6-8H,3,5H2,1H3,(H,18,19)(H,15,16,17). The molecule has 1 aliphatic heterocycles. The number of amides is 1. The van der Waals surface area contributed by atoms with E-state index in [1.807, 2.05) is 12.1 Å². The highest BCUT2D eigenvalue weighted by Crippen LogP contribution is 2.28. The van der Waals surface area contributed by atoms with Crippen molar-refractivity contribution in [1.82, 2.24) is 9.97 Å². The third-order valence-electron chi connectivity index (χ3n) is 3.21. The van der Waals surface area contributed by atoms with Gasteiger partial charge in [-0.15, -0.1) is 0 Å². The fourth-order valence-corrected chi connectivity index (χ4v) is 2.17. The second kappa shape index (κ2) is 4.68. The van der Waals surface area contributed by atoms with Crippen LogP contribution in [-0.4, -0.2) is 22.9 Å². The number of carbonyl (C=O) groups is 1. The average Bonchev–Trinajstić information content (AvgIpc) is 2.47. The summed E-state index contributed by atoms with van der Waals surface area (Å²) in [6.07, 6.45) is 4.92. The van der Waals surface area contributed by atoms with Crippen LogP contribution in [0.4, 0.5) is 11.6 Å². The zero-order valence-electron chi connectivity index (χ0n) is 10.6. The number of rotatable bonds is 2. The second-order valence-electron chi connectivity index (χ2n) is 4.47. The van der Waals surface area contributed by atoms with Gasteiger partial charge in [0.25, 0.3) is 0 Å². The third-order valence-corrected chi connectivity index (χ3v) is 3.21. The van der Waals surface area contributed by atoms with Crippen LogP contribution in [0.5, 0.6) is 0 Å². The molecule has 19 heavy (non-hydrogen) atoms. The lowest BCUT2D eigenvalue weighted by molar-refractivity contribution is -0.116. The first-order valence-corrected chi connectivity index (χ1v) is 6.19. The van der Waals surface area contributed by atoms with Gasteiger partial charge in [-0.1, -0.05) is 6.07 Å². The van der Waals surface area contributed by atoms with E-state index in [1.54, 1.807) is 19.4 Å². The van der Waals surface area contributed by atoms with E-state index in [-0.39, 0.29) is 5.91 Å². The predicted molar refractivity (Wildman–Crippen MR) is 74.0 cm³/mol. The van der Waals surface area contributed by atoms with Gasteiger partial charge in [-0.3, -0.25) is 4.79 Å². The molecule has 0 atom stereocenters. The minimum atomic E-state index is 0.0851. The van der Waals surface area contributed by atoms with E-state index in [0.717, 1.165) is 28.8 Å². The second-order valence-corrected chi connectivity index (χ2v) is 4.47. The molecule has 0 aliphatic carbocycles. The van der Waals surface area contributed by atoms with Crippen molar-refractivity contribution >= 4 is 17.5 Å². The van der Waals surface area contributed by atoms with Crippen LogP contribution in [0.15, 0.2) is 30.6 Å². The van der Waals surface area contributed by atoms with Crippen molar-refractivity contribution in [1.29, 1.82) is 0 Å². The maximum atomic E-state index is 11.3. The molecule has 1 aliphatic rings. The number of carbonyl (C=O) groups excluding carboxylic acids is 1. The summed E-state index contributed by atoms with van der Waals surface area (Å²) in [4.78, 5) is 19.7. The summed E-state index contributed by atoms with van der Waals surface area (Å²) in [5, 5.41) is 5.77. The molecule has 0 fully saturated rings. The molecule has 0 bridgehead atoms. The largest absolute Gasteiger partial charge is 0.357 e. The first-order valence-electron chi connectivity index (χ1n) is 6.19. The van der Waals surface area contributed by atoms with E-state index in [4.69, 9.17) is 0 Å². The molecule has 5 heteroatoms. The van der Waals surface area contributed by atoms with Crippen LogP contribution in [0.25, 0.3) is 11.1 Å². The molecule has 2 N–H and O–H groups in total.